The van der Waals surface area contributed by atoms with Crippen molar-refractivity contribution in [2.45, 2.75) is 25.8 Å². The highest BCUT2D eigenvalue weighted by atomic mass is 16.3. The van der Waals surface area contributed by atoms with Crippen molar-refractivity contribution in [3.05, 3.63) is 35.6 Å². The summed E-state index contributed by atoms with van der Waals surface area (Å²) in [5.41, 5.74) is 2.31. The molecule has 1 N–H and O–H groups in total. The molecular formula is C13H15NO. The molecule has 0 radical (unpaired) electrons. The number of aryl methyl sites for hydroxylation is 1. The molecule has 1 aliphatic rings. The van der Waals surface area contributed by atoms with Gasteiger partial charge in [-0.05, 0) is 37.9 Å². The molecule has 1 fully saturated rings. The van der Waals surface area contributed by atoms with E-state index in [0.717, 1.165) is 17.9 Å². The van der Waals surface area contributed by atoms with Crippen LogP contribution in [0.25, 0.3) is 11.0 Å². The zero-order chi connectivity index (χ0) is 10.3. The lowest BCUT2D eigenvalue weighted by atomic mass is 10.1. The van der Waals surface area contributed by atoms with Crippen LogP contribution in [0.1, 0.15) is 30.2 Å². The molecule has 0 spiro atoms. The minimum absolute atomic E-state index is 0.428. The topological polar surface area (TPSA) is 25.2 Å². The van der Waals surface area contributed by atoms with Crippen molar-refractivity contribution in [2.24, 2.45) is 0 Å². The van der Waals surface area contributed by atoms with Gasteiger partial charge in [0.1, 0.15) is 11.3 Å². The number of rotatable bonds is 1. The van der Waals surface area contributed by atoms with Gasteiger partial charge in [-0.3, -0.25) is 0 Å². The van der Waals surface area contributed by atoms with Crippen LogP contribution in [-0.4, -0.2) is 6.54 Å². The van der Waals surface area contributed by atoms with Gasteiger partial charge in [-0.1, -0.05) is 18.2 Å². The summed E-state index contributed by atoms with van der Waals surface area (Å²) >= 11 is 0. The quantitative estimate of drug-likeness (QED) is 0.766. The van der Waals surface area contributed by atoms with E-state index in [1.54, 1.807) is 0 Å². The van der Waals surface area contributed by atoms with Crippen LogP contribution in [0.15, 0.2) is 28.7 Å². The molecule has 1 aliphatic heterocycles. The van der Waals surface area contributed by atoms with E-state index in [2.05, 4.69) is 24.4 Å². The third kappa shape index (κ3) is 1.37. The molecular weight excluding hydrogens is 186 g/mol. The van der Waals surface area contributed by atoms with Gasteiger partial charge in [0.05, 0.1) is 6.04 Å². The van der Waals surface area contributed by atoms with Crippen molar-refractivity contribution in [2.75, 3.05) is 6.54 Å². The monoisotopic (exact) mass is 201 g/mol. The summed E-state index contributed by atoms with van der Waals surface area (Å²) in [6.07, 6.45) is 2.45. The third-order valence-corrected chi connectivity index (χ3v) is 3.26. The van der Waals surface area contributed by atoms with Crippen molar-refractivity contribution in [3.63, 3.8) is 0 Å². The normalized spacial score (nSPS) is 21.3. The Kier molecular flexibility index (Phi) is 2.03. The summed E-state index contributed by atoms with van der Waals surface area (Å²) in [5, 5.41) is 4.73. The molecule has 1 aromatic carbocycles. The van der Waals surface area contributed by atoms with Gasteiger partial charge in [0, 0.05) is 5.39 Å². The first kappa shape index (κ1) is 8.98. The number of furan rings is 1. The van der Waals surface area contributed by atoms with E-state index in [1.165, 1.54) is 23.8 Å². The second-order valence-corrected chi connectivity index (χ2v) is 4.24. The third-order valence-electron chi connectivity index (χ3n) is 3.26. The van der Waals surface area contributed by atoms with Gasteiger partial charge < -0.3 is 9.73 Å². The van der Waals surface area contributed by atoms with Gasteiger partial charge in [-0.2, -0.15) is 0 Å². The van der Waals surface area contributed by atoms with E-state index in [0.29, 0.717) is 6.04 Å². The summed E-state index contributed by atoms with van der Waals surface area (Å²) in [5.74, 6) is 1.13. The maximum absolute atomic E-state index is 5.92. The maximum Gasteiger partial charge on any atom is 0.134 e. The fourth-order valence-electron chi connectivity index (χ4n) is 2.43. The lowest BCUT2D eigenvalue weighted by Crippen LogP contribution is -2.12. The Morgan fingerprint density at radius 3 is 2.93 bits per heavy atom. The van der Waals surface area contributed by atoms with Crippen LogP contribution < -0.4 is 5.32 Å². The van der Waals surface area contributed by atoms with E-state index in [1.807, 2.05) is 12.1 Å². The van der Waals surface area contributed by atoms with Gasteiger partial charge in [0.15, 0.2) is 0 Å². The average molecular weight is 201 g/mol. The summed E-state index contributed by atoms with van der Waals surface area (Å²) < 4.78 is 5.92. The predicted molar refractivity (Wildman–Crippen MR) is 60.9 cm³/mol. The smallest absolute Gasteiger partial charge is 0.134 e. The highest BCUT2D eigenvalue weighted by Gasteiger charge is 2.22. The van der Waals surface area contributed by atoms with E-state index in [4.69, 9.17) is 4.42 Å². The molecule has 15 heavy (non-hydrogen) atoms. The molecule has 0 bridgehead atoms. The Hall–Kier alpha value is -1.28. The standard InChI is InChI=1S/C13H15NO/c1-9-10-5-2-3-7-12(10)15-13(9)11-6-4-8-14-11/h2-3,5,7,11,14H,4,6,8H2,1H3. The van der Waals surface area contributed by atoms with E-state index >= 15 is 0 Å². The molecule has 2 nitrogen and oxygen atoms in total. The molecule has 2 heterocycles. The molecule has 2 heteroatoms. The van der Waals surface area contributed by atoms with Crippen molar-refractivity contribution in [1.82, 2.24) is 5.32 Å². The molecule has 2 aromatic rings. The number of benzene rings is 1. The maximum atomic E-state index is 5.92. The second-order valence-electron chi connectivity index (χ2n) is 4.24. The van der Waals surface area contributed by atoms with Crippen LogP contribution in [0.4, 0.5) is 0 Å². The van der Waals surface area contributed by atoms with Gasteiger partial charge in [0.25, 0.3) is 0 Å². The number of hydrogen-bond donors (Lipinski definition) is 1. The van der Waals surface area contributed by atoms with Crippen molar-refractivity contribution in [3.8, 4) is 0 Å². The van der Waals surface area contributed by atoms with Gasteiger partial charge >= 0.3 is 0 Å². The Morgan fingerprint density at radius 2 is 2.20 bits per heavy atom. The fraction of sp³-hybridized carbons (Fsp3) is 0.385. The second kappa shape index (κ2) is 3.38. The fourth-order valence-corrected chi connectivity index (χ4v) is 2.43. The number of para-hydroxylation sites is 1. The van der Waals surface area contributed by atoms with Crippen LogP contribution in [0.2, 0.25) is 0 Å². The average Bonchev–Trinajstić information content (AvgIpc) is 2.87. The molecule has 0 saturated carbocycles. The number of fused-ring (bicyclic) bond motifs is 1. The SMILES string of the molecule is Cc1c(C2CCCN2)oc2ccccc12. The first-order valence-electron chi connectivity index (χ1n) is 5.57. The number of nitrogens with one attached hydrogen (secondary N) is 1. The van der Waals surface area contributed by atoms with Crippen LogP contribution in [0, 0.1) is 6.92 Å². The summed E-state index contributed by atoms with van der Waals surface area (Å²) in [6.45, 7) is 3.27. The van der Waals surface area contributed by atoms with E-state index < -0.39 is 0 Å². The molecule has 78 valence electrons. The molecule has 0 amide bonds. The van der Waals surface area contributed by atoms with Gasteiger partial charge in [-0.25, -0.2) is 0 Å². The van der Waals surface area contributed by atoms with Crippen molar-refractivity contribution < 1.29 is 4.42 Å². The van der Waals surface area contributed by atoms with Crippen LogP contribution >= 0.6 is 0 Å². The molecule has 3 rings (SSSR count). The van der Waals surface area contributed by atoms with Crippen molar-refractivity contribution in [1.29, 1.82) is 0 Å². The summed E-state index contributed by atoms with van der Waals surface area (Å²) in [4.78, 5) is 0. The minimum atomic E-state index is 0.428. The number of hydrogen-bond acceptors (Lipinski definition) is 2. The van der Waals surface area contributed by atoms with E-state index in [-0.39, 0.29) is 0 Å². The van der Waals surface area contributed by atoms with Crippen LogP contribution in [0.5, 0.6) is 0 Å². The molecule has 1 atom stereocenters. The first-order chi connectivity index (χ1) is 7.36. The zero-order valence-corrected chi connectivity index (χ0v) is 8.92. The summed E-state index contributed by atoms with van der Waals surface area (Å²) in [6, 6.07) is 8.69. The van der Waals surface area contributed by atoms with E-state index in [9.17, 15) is 0 Å². The summed E-state index contributed by atoms with van der Waals surface area (Å²) in [7, 11) is 0. The molecule has 1 saturated heterocycles. The van der Waals surface area contributed by atoms with Crippen LogP contribution in [-0.2, 0) is 0 Å². The van der Waals surface area contributed by atoms with Crippen LogP contribution in [0.3, 0.4) is 0 Å². The minimum Gasteiger partial charge on any atom is -0.459 e. The zero-order valence-electron chi connectivity index (χ0n) is 8.92. The Labute approximate surface area is 89.3 Å². The molecule has 1 aromatic heterocycles. The lowest BCUT2D eigenvalue weighted by molar-refractivity contribution is 0.467. The Balaban J connectivity index is 2.14. The van der Waals surface area contributed by atoms with Gasteiger partial charge in [-0.15, -0.1) is 0 Å². The molecule has 0 aliphatic carbocycles. The highest BCUT2D eigenvalue weighted by molar-refractivity contribution is 5.82. The molecule has 1 unspecified atom stereocenters. The Morgan fingerprint density at radius 1 is 1.33 bits per heavy atom. The highest BCUT2D eigenvalue weighted by Crippen LogP contribution is 2.32. The first-order valence-corrected chi connectivity index (χ1v) is 5.57. The lowest BCUT2D eigenvalue weighted by Gasteiger charge is -2.06. The predicted octanol–water partition coefficient (Wildman–Crippen LogP) is 3.17. The Bertz CT molecular complexity index is 480. The largest absolute Gasteiger partial charge is 0.459 e. The van der Waals surface area contributed by atoms with Crippen molar-refractivity contribution >= 4 is 11.0 Å². The van der Waals surface area contributed by atoms with Gasteiger partial charge in [0.2, 0.25) is 0 Å².